The first-order valence-corrected chi connectivity index (χ1v) is 26.7. The third-order valence-corrected chi connectivity index (χ3v) is 18.2. The summed E-state index contributed by atoms with van der Waals surface area (Å²) >= 11 is 0. The summed E-state index contributed by atoms with van der Waals surface area (Å²) in [7, 11) is -4.68. The van der Waals surface area contributed by atoms with Crippen molar-refractivity contribution in [3.8, 4) is 11.6 Å². The lowest BCUT2D eigenvalue weighted by Gasteiger charge is -2.56. The Labute approximate surface area is 406 Å². The Bertz CT molecular complexity index is 2990. The van der Waals surface area contributed by atoms with E-state index < -0.39 is 37.5 Å². The summed E-state index contributed by atoms with van der Waals surface area (Å²) in [4.78, 5) is 41.4. The van der Waals surface area contributed by atoms with E-state index in [9.17, 15) is 23.3 Å². The minimum atomic E-state index is -4.68. The van der Waals surface area contributed by atoms with Crippen LogP contribution in [0.1, 0.15) is 97.7 Å². The van der Waals surface area contributed by atoms with Gasteiger partial charge in [0.15, 0.2) is 11.4 Å². The molecule has 17 nitrogen and oxygen atoms in total. The minimum absolute atomic E-state index is 0.0340. The Morgan fingerprint density at radius 1 is 0.886 bits per heavy atom. The van der Waals surface area contributed by atoms with Crippen molar-refractivity contribution < 1.29 is 37.1 Å². The minimum Gasteiger partial charge on any atom is -0.489 e. The number of nitro groups is 1. The van der Waals surface area contributed by atoms with E-state index in [0.29, 0.717) is 66.8 Å². The lowest BCUT2D eigenvalue weighted by atomic mass is 9.59. The Hall–Kier alpha value is -5.95. The second-order valence-corrected chi connectivity index (χ2v) is 22.6. The second-order valence-electron chi connectivity index (χ2n) is 20.9. The van der Waals surface area contributed by atoms with Crippen LogP contribution in [0.25, 0.3) is 11.0 Å². The van der Waals surface area contributed by atoms with Crippen molar-refractivity contribution in [1.82, 2.24) is 19.6 Å². The van der Waals surface area contributed by atoms with Crippen LogP contribution in [0, 0.1) is 21.4 Å². The SMILES string of the molecule is O=C(NS(=O)(=O)c1cc2c(c([N+](=O)[O-])c1)N[C@@H](C1CCOCC1)CO2)c1ccc(N2CCC3(CC2)CC(N2CCC[C@H]2c2ccccc2C2CC2)C3)cc1N1c2cc3cc[nH]c3nc2O[C@@H]2COC[C@@H]21. The van der Waals surface area contributed by atoms with Crippen molar-refractivity contribution >= 4 is 55.4 Å². The van der Waals surface area contributed by atoms with Gasteiger partial charge in [-0.25, -0.2) is 13.1 Å². The first kappa shape index (κ1) is 44.0. The molecule has 5 aromatic rings. The first-order chi connectivity index (χ1) is 34.1. The lowest BCUT2D eigenvalue weighted by Crippen LogP contribution is -2.55. The van der Waals surface area contributed by atoms with Crippen LogP contribution >= 0.6 is 0 Å². The molecule has 2 aliphatic carbocycles. The van der Waals surface area contributed by atoms with Gasteiger partial charge in [-0.2, -0.15) is 4.98 Å². The summed E-state index contributed by atoms with van der Waals surface area (Å²) < 4.78 is 54.9. The zero-order valence-corrected chi connectivity index (χ0v) is 39.8. The number of carbonyl (C=O) groups is 1. The molecule has 13 rings (SSSR count). The Morgan fingerprint density at radius 2 is 1.70 bits per heavy atom. The quantitative estimate of drug-likeness (QED) is 0.0902. The van der Waals surface area contributed by atoms with Gasteiger partial charge in [-0.1, -0.05) is 24.3 Å². The van der Waals surface area contributed by atoms with Gasteiger partial charge in [0.2, 0.25) is 5.88 Å². The number of anilines is 4. The fourth-order valence-corrected chi connectivity index (χ4v) is 13.9. The molecule has 3 N–H and O–H groups in total. The maximum atomic E-state index is 14.7. The number of benzene rings is 3. The normalized spacial score (nSPS) is 25.6. The van der Waals surface area contributed by atoms with E-state index in [1.165, 1.54) is 51.1 Å². The maximum absolute atomic E-state index is 14.7. The highest BCUT2D eigenvalue weighted by Crippen LogP contribution is 2.55. The number of pyridine rings is 1. The summed E-state index contributed by atoms with van der Waals surface area (Å²) in [5, 5.41) is 16.6. The van der Waals surface area contributed by atoms with Crippen molar-refractivity contribution in [3.05, 3.63) is 99.7 Å². The molecular weight excluding hydrogens is 913 g/mol. The highest BCUT2D eigenvalue weighted by Gasteiger charge is 2.51. The molecule has 1 amide bonds. The van der Waals surface area contributed by atoms with Gasteiger partial charge >= 0.3 is 0 Å². The van der Waals surface area contributed by atoms with Crippen LogP contribution in [-0.4, -0.2) is 111 Å². The van der Waals surface area contributed by atoms with Crippen molar-refractivity contribution in [3.63, 3.8) is 0 Å². The van der Waals surface area contributed by atoms with Gasteiger partial charge in [-0.15, -0.1) is 0 Å². The Kier molecular flexibility index (Phi) is 10.8. The summed E-state index contributed by atoms with van der Waals surface area (Å²) in [6, 6.07) is 21.4. The van der Waals surface area contributed by atoms with Crippen molar-refractivity contribution in [2.24, 2.45) is 11.3 Å². The number of H-pyrrole nitrogens is 1. The molecular formula is C52H58N8O9S. The molecule has 8 heterocycles. The first-order valence-electron chi connectivity index (χ1n) is 25.2. The van der Waals surface area contributed by atoms with E-state index in [2.05, 4.69) is 49.1 Å². The predicted molar refractivity (Wildman–Crippen MR) is 262 cm³/mol. The van der Waals surface area contributed by atoms with Crippen molar-refractivity contribution in [1.29, 1.82) is 0 Å². The number of ether oxygens (including phenoxy) is 4. The number of sulfonamides is 1. The van der Waals surface area contributed by atoms with Crippen LogP contribution in [0.5, 0.6) is 11.6 Å². The van der Waals surface area contributed by atoms with E-state index in [1.54, 1.807) is 17.2 Å². The number of aromatic amines is 1. The number of fused-ring (bicyclic) bond motifs is 4. The van der Waals surface area contributed by atoms with Crippen LogP contribution in [0.2, 0.25) is 0 Å². The average Bonchev–Trinajstić information content (AvgIpc) is 3.66. The van der Waals surface area contributed by atoms with E-state index in [1.807, 2.05) is 35.4 Å². The fraction of sp³-hybridized carbons (Fsp3) is 0.500. The molecule has 1 spiro atoms. The number of hydrogen-bond acceptors (Lipinski definition) is 14. The van der Waals surface area contributed by atoms with Gasteiger partial charge in [-0.05, 0) is 129 Å². The van der Waals surface area contributed by atoms with Crippen LogP contribution in [0.3, 0.4) is 0 Å². The molecule has 2 aromatic heterocycles. The molecule has 4 atom stereocenters. The van der Waals surface area contributed by atoms with Gasteiger partial charge in [0.1, 0.15) is 24.0 Å². The number of nitro benzene ring substituents is 1. The summed E-state index contributed by atoms with van der Waals surface area (Å²) in [6.07, 6.45) is 12.6. The number of piperidine rings is 1. The molecule has 0 radical (unpaired) electrons. The Morgan fingerprint density at radius 3 is 2.50 bits per heavy atom. The standard InChI is InChI=1S/C52H58N8O9S/c61-50(56-70(64,65)36-24-43(60(62)63)48-46(25-36)68-28-40(54-48)32-12-20-66-21-13-32)39-10-9-34(23-42(39)59-44-22-33-11-16-53-49(33)55-51(44)69-47-30-67-29-45(47)59)57-18-14-52(15-19-57)26-35(27-52)58-17-3-6-41(58)38-5-2-1-4-37(38)31-7-8-31/h1-2,4-5,9-11,16,22-25,31-32,35,40-41,45,47,54H,3,6-8,12-15,17-21,26-30H2,(H,53,55)(H,56,61)/t40-,41+,45+,47-/m1/s1. The van der Waals surface area contributed by atoms with Crippen LogP contribution < -0.4 is 29.3 Å². The van der Waals surface area contributed by atoms with E-state index in [-0.39, 0.29) is 41.6 Å². The number of hydrogen-bond donors (Lipinski definition) is 3. The third-order valence-electron chi connectivity index (χ3n) is 16.9. The number of nitrogens with one attached hydrogen (secondary N) is 3. The van der Waals surface area contributed by atoms with Crippen LogP contribution in [-0.2, 0) is 19.5 Å². The van der Waals surface area contributed by atoms with Crippen molar-refractivity contribution in [2.45, 2.75) is 105 Å². The molecule has 0 unspecified atom stereocenters. The summed E-state index contributed by atoms with van der Waals surface area (Å²) in [6.45, 7) is 4.87. The molecule has 0 bridgehead atoms. The van der Waals surface area contributed by atoms with E-state index in [0.717, 1.165) is 61.8 Å². The van der Waals surface area contributed by atoms with Gasteiger partial charge in [0, 0.05) is 67.8 Å². The third kappa shape index (κ3) is 7.72. The number of likely N-dealkylation sites (tertiary alicyclic amines) is 1. The lowest BCUT2D eigenvalue weighted by molar-refractivity contribution is -0.384. The Balaban J connectivity index is 0.787. The van der Waals surface area contributed by atoms with Crippen LogP contribution in [0.4, 0.5) is 28.4 Å². The zero-order chi connectivity index (χ0) is 47.3. The number of aromatic nitrogens is 2. The van der Waals surface area contributed by atoms with Crippen molar-refractivity contribution in [2.75, 3.05) is 67.8 Å². The smallest absolute Gasteiger partial charge is 0.297 e. The molecule has 70 heavy (non-hydrogen) atoms. The van der Waals surface area contributed by atoms with Gasteiger partial charge in [-0.3, -0.25) is 19.8 Å². The molecule has 18 heteroatoms. The maximum Gasteiger partial charge on any atom is 0.297 e. The van der Waals surface area contributed by atoms with Gasteiger partial charge in [0.05, 0.1) is 46.4 Å². The van der Waals surface area contributed by atoms with E-state index >= 15 is 0 Å². The van der Waals surface area contributed by atoms with Gasteiger partial charge < -0.3 is 39.0 Å². The van der Waals surface area contributed by atoms with Gasteiger partial charge in [0.25, 0.3) is 21.6 Å². The molecule has 2 saturated carbocycles. The molecule has 3 aromatic carbocycles. The van der Waals surface area contributed by atoms with E-state index in [4.69, 9.17) is 23.9 Å². The molecule has 366 valence electrons. The number of nitrogens with zero attached hydrogens (tertiary/aromatic N) is 5. The number of carbonyl (C=O) groups excluding carboxylic acids is 1. The average molecular weight is 971 g/mol. The highest BCUT2D eigenvalue weighted by molar-refractivity contribution is 7.90. The number of amides is 1. The highest BCUT2D eigenvalue weighted by atomic mass is 32.2. The zero-order valence-electron chi connectivity index (χ0n) is 39.0. The predicted octanol–water partition coefficient (Wildman–Crippen LogP) is 7.95. The largest absolute Gasteiger partial charge is 0.489 e. The monoisotopic (exact) mass is 970 g/mol. The summed E-state index contributed by atoms with van der Waals surface area (Å²) in [5.41, 5.74) is 5.87. The summed E-state index contributed by atoms with van der Waals surface area (Å²) in [5.74, 6) is 0.427. The second kappa shape index (κ2) is 17.1. The fourth-order valence-electron chi connectivity index (χ4n) is 12.9. The number of rotatable bonds is 10. The molecule has 6 fully saturated rings. The molecule has 4 saturated heterocycles. The molecule has 6 aliphatic heterocycles. The molecule has 8 aliphatic rings. The van der Waals surface area contributed by atoms with Crippen LogP contribution in [0.15, 0.2) is 77.8 Å². The topological polar surface area (TPSA) is 194 Å².